The molecule has 0 unspecified atom stereocenters. The highest BCUT2D eigenvalue weighted by Crippen LogP contribution is 2.45. The Morgan fingerprint density at radius 1 is 1.13 bits per heavy atom. The third kappa shape index (κ3) is 3.65. The zero-order valence-corrected chi connectivity index (χ0v) is 18.6. The Morgan fingerprint density at radius 2 is 1.83 bits per heavy atom. The Hall–Kier alpha value is -2.58. The zero-order valence-electron chi connectivity index (χ0n) is 17.8. The van der Waals surface area contributed by atoms with E-state index in [1.54, 1.807) is 18.2 Å². The van der Waals surface area contributed by atoms with Gasteiger partial charge in [0, 0.05) is 21.5 Å². The molecule has 0 spiro atoms. The molecular weight excluding hydrogens is 404 g/mol. The molecule has 0 saturated carbocycles. The predicted molar refractivity (Wildman–Crippen MR) is 115 cm³/mol. The van der Waals surface area contributed by atoms with Crippen molar-refractivity contribution in [2.75, 3.05) is 25.6 Å². The molecular formula is C22H26N2O5S. The first-order chi connectivity index (χ1) is 14.1. The quantitative estimate of drug-likeness (QED) is 0.722. The van der Waals surface area contributed by atoms with Crippen molar-refractivity contribution < 1.29 is 23.8 Å². The summed E-state index contributed by atoms with van der Waals surface area (Å²) in [5, 5.41) is 7.05. The van der Waals surface area contributed by atoms with Crippen LogP contribution in [0.5, 0.6) is 11.5 Å². The number of thiophene rings is 1. The lowest BCUT2D eigenvalue weighted by Gasteiger charge is -2.42. The number of amides is 1. The molecule has 160 valence electrons. The monoisotopic (exact) mass is 430 g/mol. The molecule has 2 aromatic rings. The van der Waals surface area contributed by atoms with Crippen LogP contribution in [0.15, 0.2) is 18.2 Å². The maximum atomic E-state index is 13.0. The lowest BCUT2D eigenvalue weighted by atomic mass is 9.81. The number of esters is 1. The molecule has 0 saturated heterocycles. The first kappa shape index (κ1) is 20.7. The van der Waals surface area contributed by atoms with E-state index in [2.05, 4.69) is 38.3 Å². The van der Waals surface area contributed by atoms with Gasteiger partial charge in [0.05, 0.1) is 12.7 Å². The standard InChI is InChI=1S/C22H26N2O5S/c1-21(2)11-13-16(20(26)27-5)19(30-17(13)22(3,4)24-21)23-18(25)12-6-7-14-15(10-12)29-9-8-28-14/h6-7,10,24H,8-9,11H2,1-5H3,(H,23,25). The van der Waals surface area contributed by atoms with Gasteiger partial charge in [-0.2, -0.15) is 0 Å². The van der Waals surface area contributed by atoms with Gasteiger partial charge in [-0.1, -0.05) is 0 Å². The highest BCUT2D eigenvalue weighted by molar-refractivity contribution is 7.17. The van der Waals surface area contributed by atoms with Crippen molar-refractivity contribution in [3.63, 3.8) is 0 Å². The van der Waals surface area contributed by atoms with E-state index in [9.17, 15) is 9.59 Å². The van der Waals surface area contributed by atoms with Gasteiger partial charge in [-0.25, -0.2) is 4.79 Å². The number of fused-ring (bicyclic) bond motifs is 2. The minimum absolute atomic E-state index is 0.197. The van der Waals surface area contributed by atoms with Crippen molar-refractivity contribution in [1.29, 1.82) is 0 Å². The Bertz CT molecular complexity index is 1020. The summed E-state index contributed by atoms with van der Waals surface area (Å²) in [7, 11) is 1.36. The summed E-state index contributed by atoms with van der Waals surface area (Å²) < 4.78 is 16.2. The number of hydrogen-bond donors (Lipinski definition) is 2. The van der Waals surface area contributed by atoms with Crippen LogP contribution in [0.25, 0.3) is 0 Å². The van der Waals surface area contributed by atoms with Crippen LogP contribution in [0.3, 0.4) is 0 Å². The third-order valence-electron chi connectivity index (χ3n) is 5.27. The van der Waals surface area contributed by atoms with Gasteiger partial charge in [0.2, 0.25) is 0 Å². The molecule has 1 aromatic heterocycles. The Balaban J connectivity index is 1.72. The van der Waals surface area contributed by atoms with Crippen molar-refractivity contribution in [1.82, 2.24) is 5.32 Å². The van der Waals surface area contributed by atoms with E-state index in [0.29, 0.717) is 47.3 Å². The average Bonchev–Trinajstić information content (AvgIpc) is 3.04. The number of ether oxygens (including phenoxy) is 3. The fourth-order valence-corrected chi connectivity index (χ4v) is 5.55. The molecule has 8 heteroatoms. The Morgan fingerprint density at radius 3 is 2.53 bits per heavy atom. The van der Waals surface area contributed by atoms with Gasteiger partial charge in [0.25, 0.3) is 5.91 Å². The lowest BCUT2D eigenvalue weighted by molar-refractivity contribution is 0.0600. The zero-order chi connectivity index (χ0) is 21.7. The molecule has 7 nitrogen and oxygen atoms in total. The predicted octanol–water partition coefficient (Wildman–Crippen LogP) is 3.72. The molecule has 2 aliphatic heterocycles. The maximum absolute atomic E-state index is 13.0. The van der Waals surface area contributed by atoms with Crippen LogP contribution in [0, 0.1) is 0 Å². The number of anilines is 1. The molecule has 30 heavy (non-hydrogen) atoms. The van der Waals surface area contributed by atoms with Gasteiger partial charge in [0.1, 0.15) is 18.2 Å². The number of nitrogens with one attached hydrogen (secondary N) is 2. The van der Waals surface area contributed by atoms with E-state index < -0.39 is 5.97 Å². The molecule has 2 N–H and O–H groups in total. The molecule has 1 amide bonds. The second-order valence-corrected chi connectivity index (χ2v) is 9.75. The van der Waals surface area contributed by atoms with Crippen LogP contribution >= 0.6 is 11.3 Å². The summed E-state index contributed by atoms with van der Waals surface area (Å²) >= 11 is 1.41. The lowest BCUT2D eigenvalue weighted by Crippen LogP contribution is -2.55. The number of carbonyl (C=O) groups is 2. The topological polar surface area (TPSA) is 85.9 Å². The summed E-state index contributed by atoms with van der Waals surface area (Å²) in [6, 6.07) is 5.06. The van der Waals surface area contributed by atoms with Crippen LogP contribution < -0.4 is 20.1 Å². The van der Waals surface area contributed by atoms with Crippen molar-refractivity contribution in [2.45, 2.75) is 45.2 Å². The largest absolute Gasteiger partial charge is 0.486 e. The third-order valence-corrected chi connectivity index (χ3v) is 6.74. The molecule has 0 radical (unpaired) electrons. The fraction of sp³-hybridized carbons (Fsp3) is 0.455. The second kappa shape index (κ2) is 7.28. The van der Waals surface area contributed by atoms with E-state index in [1.165, 1.54) is 18.4 Å². The Kier molecular flexibility index (Phi) is 5.02. The highest BCUT2D eigenvalue weighted by atomic mass is 32.1. The Labute approximate surface area is 179 Å². The normalized spacial score (nSPS) is 18.3. The number of rotatable bonds is 3. The first-order valence-electron chi connectivity index (χ1n) is 9.86. The molecule has 1 aromatic carbocycles. The van der Waals surface area contributed by atoms with Crippen LogP contribution in [0.2, 0.25) is 0 Å². The van der Waals surface area contributed by atoms with Gasteiger partial charge < -0.3 is 24.8 Å². The van der Waals surface area contributed by atoms with Crippen molar-refractivity contribution in [3.8, 4) is 11.5 Å². The van der Waals surface area contributed by atoms with Gasteiger partial charge in [-0.05, 0) is 57.9 Å². The molecule has 0 atom stereocenters. The first-order valence-corrected chi connectivity index (χ1v) is 10.7. The van der Waals surface area contributed by atoms with Crippen molar-refractivity contribution >= 4 is 28.2 Å². The van der Waals surface area contributed by atoms with Gasteiger partial charge in [-0.15, -0.1) is 11.3 Å². The van der Waals surface area contributed by atoms with Crippen molar-refractivity contribution in [2.24, 2.45) is 0 Å². The summed E-state index contributed by atoms with van der Waals surface area (Å²) in [5.41, 5.74) is 1.25. The summed E-state index contributed by atoms with van der Waals surface area (Å²) in [5.74, 6) is 0.397. The summed E-state index contributed by atoms with van der Waals surface area (Å²) in [4.78, 5) is 26.7. The minimum atomic E-state index is -0.446. The number of hydrogen-bond acceptors (Lipinski definition) is 7. The summed E-state index contributed by atoms with van der Waals surface area (Å²) in [6.45, 7) is 9.29. The number of methoxy groups -OCH3 is 1. The van der Waals surface area contributed by atoms with Gasteiger partial charge in [0.15, 0.2) is 11.5 Å². The highest BCUT2D eigenvalue weighted by Gasteiger charge is 2.42. The van der Waals surface area contributed by atoms with Gasteiger partial charge >= 0.3 is 5.97 Å². The fourth-order valence-electron chi connectivity index (χ4n) is 4.29. The van der Waals surface area contributed by atoms with Crippen LogP contribution in [0.1, 0.15) is 58.9 Å². The van der Waals surface area contributed by atoms with E-state index in [0.717, 1.165) is 10.4 Å². The van der Waals surface area contributed by atoms with E-state index in [4.69, 9.17) is 14.2 Å². The van der Waals surface area contributed by atoms with Gasteiger partial charge in [-0.3, -0.25) is 4.79 Å². The van der Waals surface area contributed by atoms with E-state index in [1.807, 2.05) is 0 Å². The molecule has 2 aliphatic rings. The number of benzene rings is 1. The molecule has 0 bridgehead atoms. The molecule has 4 rings (SSSR count). The van der Waals surface area contributed by atoms with E-state index in [-0.39, 0.29) is 17.0 Å². The van der Waals surface area contributed by atoms with E-state index >= 15 is 0 Å². The molecule has 0 aliphatic carbocycles. The second-order valence-electron chi connectivity index (χ2n) is 8.73. The van der Waals surface area contributed by atoms with Crippen LogP contribution in [0.4, 0.5) is 5.00 Å². The number of carbonyl (C=O) groups excluding carboxylic acids is 2. The minimum Gasteiger partial charge on any atom is -0.486 e. The summed E-state index contributed by atoms with van der Waals surface area (Å²) in [6.07, 6.45) is 0.659. The molecule has 3 heterocycles. The van der Waals surface area contributed by atoms with Crippen LogP contribution in [-0.4, -0.2) is 37.7 Å². The van der Waals surface area contributed by atoms with Crippen molar-refractivity contribution in [3.05, 3.63) is 39.8 Å². The molecule has 0 fully saturated rings. The smallest absolute Gasteiger partial charge is 0.341 e. The maximum Gasteiger partial charge on any atom is 0.341 e. The van der Waals surface area contributed by atoms with Crippen LogP contribution in [-0.2, 0) is 16.7 Å². The SMILES string of the molecule is COC(=O)c1c(NC(=O)c2ccc3c(c2)OCCO3)sc2c1CC(C)(C)NC2(C)C. The average molecular weight is 431 g/mol.